The van der Waals surface area contributed by atoms with Crippen molar-refractivity contribution in [2.24, 2.45) is 0 Å². The van der Waals surface area contributed by atoms with E-state index in [0.29, 0.717) is 0 Å². The van der Waals surface area contributed by atoms with Crippen molar-refractivity contribution >= 4 is 21.8 Å². The Morgan fingerprint density at radius 3 is 2.20 bits per heavy atom. The molecule has 0 aliphatic heterocycles. The van der Waals surface area contributed by atoms with Gasteiger partial charge < -0.3 is 4.74 Å². The van der Waals surface area contributed by atoms with Crippen molar-refractivity contribution in [1.29, 1.82) is 0 Å². The molecule has 3 nitrogen and oxygen atoms in total. The Bertz CT molecular complexity index is 1850. The predicted octanol–water partition coefficient (Wildman–Crippen LogP) is 6.32. The molecule has 0 saturated carbocycles. The molecule has 0 amide bonds. The van der Waals surface area contributed by atoms with Gasteiger partial charge in [-0.15, -0.1) is 0 Å². The summed E-state index contributed by atoms with van der Waals surface area (Å²) in [7, 11) is 0. The van der Waals surface area contributed by atoms with Gasteiger partial charge in [0.2, 0.25) is 0 Å². The summed E-state index contributed by atoms with van der Waals surface area (Å²) >= 11 is -0.298. The van der Waals surface area contributed by atoms with Crippen molar-refractivity contribution < 1.29 is 25.9 Å². The fourth-order valence-corrected chi connectivity index (χ4v) is 8.05. The fourth-order valence-electron chi connectivity index (χ4n) is 5.42. The number of rotatable bonds is 5. The van der Waals surface area contributed by atoms with E-state index in [9.17, 15) is 0 Å². The molecule has 0 N–H and O–H groups in total. The number of para-hydroxylation sites is 1. The second-order valence-corrected chi connectivity index (χ2v) is 14.4. The van der Waals surface area contributed by atoms with Crippen LogP contribution in [0.25, 0.3) is 27.6 Å². The molecule has 4 aromatic carbocycles. The van der Waals surface area contributed by atoms with E-state index in [4.69, 9.17) is 9.72 Å². The molecule has 0 radical (unpaired) electrons. The van der Waals surface area contributed by atoms with E-state index in [-0.39, 0.29) is 26.6 Å². The normalized spacial score (nSPS) is 11.8. The maximum atomic E-state index is 6.46. The molecule has 200 valence electrons. The molecule has 2 heterocycles. The first-order valence-corrected chi connectivity index (χ1v) is 15.8. The van der Waals surface area contributed by atoms with Gasteiger partial charge in [-0.25, -0.2) is 4.98 Å². The lowest BCUT2D eigenvalue weighted by atomic mass is 9.88. The minimum atomic E-state index is -0.298. The van der Waals surface area contributed by atoms with Gasteiger partial charge in [0, 0.05) is 34.2 Å². The van der Waals surface area contributed by atoms with Gasteiger partial charge in [0.05, 0.1) is 11.0 Å². The molecule has 0 saturated heterocycles. The zero-order chi connectivity index (χ0) is 28.0. The standard InChI is InChI=1S/C36H34IN2O/c1-23-18-24(2)35(25(3)19-23)37-27-10-9-11-28(21-27)40-29-14-15-33-31(22-29)30-12-7-8-13-32(30)39(33)34-20-26(16-17-38-34)36(4,5)6/h7-22H,1-6H3/q+1. The number of aryl methyl sites for hydroxylation is 3. The van der Waals surface area contributed by atoms with Crippen LogP contribution in [-0.4, -0.2) is 9.55 Å². The van der Waals surface area contributed by atoms with Gasteiger partial charge in [-0.05, 0) is 80.3 Å². The summed E-state index contributed by atoms with van der Waals surface area (Å²) in [5.74, 6) is 2.65. The Balaban J connectivity index is 1.37. The number of pyridine rings is 1. The van der Waals surface area contributed by atoms with E-state index in [1.165, 1.54) is 34.8 Å². The van der Waals surface area contributed by atoms with Crippen LogP contribution in [0.5, 0.6) is 11.5 Å². The number of hydrogen-bond donors (Lipinski definition) is 0. The molecule has 4 heteroatoms. The number of aromatic nitrogens is 2. The highest BCUT2D eigenvalue weighted by Crippen LogP contribution is 2.35. The Hall–Kier alpha value is -3.64. The van der Waals surface area contributed by atoms with Gasteiger partial charge >= 0.3 is 21.2 Å². The first kappa shape index (κ1) is 26.6. The average molecular weight is 638 g/mol. The van der Waals surface area contributed by atoms with Crippen LogP contribution in [0.3, 0.4) is 0 Å². The van der Waals surface area contributed by atoms with Gasteiger partial charge in [0.1, 0.15) is 17.3 Å². The van der Waals surface area contributed by atoms with Crippen LogP contribution in [-0.2, 0) is 5.41 Å². The van der Waals surface area contributed by atoms with Gasteiger partial charge in [0.15, 0.2) is 7.14 Å². The zero-order valence-corrected chi connectivity index (χ0v) is 26.1. The van der Waals surface area contributed by atoms with Crippen LogP contribution in [0.15, 0.2) is 97.2 Å². The van der Waals surface area contributed by atoms with Crippen LogP contribution in [0.1, 0.15) is 43.0 Å². The second kappa shape index (κ2) is 10.4. The Morgan fingerprint density at radius 2 is 1.43 bits per heavy atom. The maximum absolute atomic E-state index is 6.46. The lowest BCUT2D eigenvalue weighted by Gasteiger charge is -2.20. The van der Waals surface area contributed by atoms with E-state index in [0.717, 1.165) is 33.7 Å². The van der Waals surface area contributed by atoms with Gasteiger partial charge in [-0.2, -0.15) is 0 Å². The van der Waals surface area contributed by atoms with E-state index in [2.05, 4.69) is 137 Å². The number of nitrogens with zero attached hydrogens (tertiary/aromatic N) is 2. The number of fused-ring (bicyclic) bond motifs is 3. The van der Waals surface area contributed by atoms with Crippen LogP contribution in [0.4, 0.5) is 0 Å². The van der Waals surface area contributed by atoms with Crippen LogP contribution < -0.4 is 25.9 Å². The molecule has 2 aromatic heterocycles. The van der Waals surface area contributed by atoms with Crippen LogP contribution in [0, 0.1) is 27.9 Å². The molecule has 0 aliphatic carbocycles. The molecule has 0 unspecified atom stereocenters. The highest BCUT2D eigenvalue weighted by atomic mass is 127. The van der Waals surface area contributed by atoms with E-state index >= 15 is 0 Å². The van der Waals surface area contributed by atoms with Crippen LogP contribution in [0.2, 0.25) is 0 Å². The summed E-state index contributed by atoms with van der Waals surface area (Å²) in [5.41, 5.74) is 7.68. The number of ether oxygens (including phenoxy) is 1. The molecular formula is C36H34IN2O+. The fraction of sp³-hybridized carbons (Fsp3) is 0.194. The van der Waals surface area contributed by atoms with Crippen molar-refractivity contribution in [1.82, 2.24) is 9.55 Å². The van der Waals surface area contributed by atoms with Crippen molar-refractivity contribution in [2.45, 2.75) is 47.0 Å². The number of halogens is 1. The van der Waals surface area contributed by atoms with Crippen molar-refractivity contribution in [3.8, 4) is 17.3 Å². The second-order valence-electron chi connectivity index (χ2n) is 11.6. The third-order valence-electron chi connectivity index (χ3n) is 7.30. The number of hydrogen-bond acceptors (Lipinski definition) is 2. The Morgan fingerprint density at radius 1 is 0.700 bits per heavy atom. The van der Waals surface area contributed by atoms with Gasteiger partial charge in [-0.1, -0.05) is 62.7 Å². The largest absolute Gasteiger partial charge is 0.457 e. The summed E-state index contributed by atoms with van der Waals surface area (Å²) in [6.45, 7) is 13.3. The first-order valence-electron chi connectivity index (χ1n) is 13.7. The smallest absolute Gasteiger partial charge is 0.358 e. The molecule has 0 fully saturated rings. The molecular weight excluding hydrogens is 603 g/mol. The molecule has 0 spiro atoms. The van der Waals surface area contributed by atoms with Crippen molar-refractivity contribution in [3.05, 3.63) is 127 Å². The molecule has 6 rings (SSSR count). The topological polar surface area (TPSA) is 27.1 Å². The lowest BCUT2D eigenvalue weighted by molar-refractivity contribution is -0.598. The summed E-state index contributed by atoms with van der Waals surface area (Å²) in [5, 5.41) is 2.35. The Kier molecular flexibility index (Phi) is 6.91. The summed E-state index contributed by atoms with van der Waals surface area (Å²) in [6, 6.07) is 32.5. The third-order valence-corrected chi connectivity index (χ3v) is 10.8. The summed E-state index contributed by atoms with van der Waals surface area (Å²) in [4.78, 5) is 4.78. The van der Waals surface area contributed by atoms with Gasteiger partial charge in [-0.3, -0.25) is 4.57 Å². The van der Waals surface area contributed by atoms with E-state index < -0.39 is 0 Å². The molecule has 0 atom stereocenters. The number of benzene rings is 4. The molecule has 0 bridgehead atoms. The van der Waals surface area contributed by atoms with Crippen molar-refractivity contribution in [3.63, 3.8) is 0 Å². The van der Waals surface area contributed by atoms with Gasteiger partial charge in [0.25, 0.3) is 0 Å². The minimum absolute atomic E-state index is 0.0467. The van der Waals surface area contributed by atoms with Crippen LogP contribution >= 0.6 is 0 Å². The quantitative estimate of drug-likeness (QED) is 0.207. The summed E-state index contributed by atoms with van der Waals surface area (Å²) < 4.78 is 11.6. The predicted molar refractivity (Wildman–Crippen MR) is 162 cm³/mol. The zero-order valence-electron chi connectivity index (χ0n) is 23.9. The highest BCUT2D eigenvalue weighted by Gasteiger charge is 2.22. The highest BCUT2D eigenvalue weighted by molar-refractivity contribution is 6.09. The SMILES string of the molecule is Cc1cc(C)c([I+]c2cccc(Oc3ccc4c(c3)c3ccccc3n4-c3cc(C(C)(C)C)ccn3)c2)c(C)c1. The maximum Gasteiger partial charge on any atom is 0.358 e. The molecule has 6 aromatic rings. The lowest BCUT2D eigenvalue weighted by Crippen LogP contribution is -3.62. The van der Waals surface area contributed by atoms with E-state index in [1.807, 2.05) is 6.20 Å². The first-order chi connectivity index (χ1) is 19.2. The van der Waals surface area contributed by atoms with E-state index in [1.54, 1.807) is 0 Å². The third kappa shape index (κ3) is 5.13. The molecule has 0 aliphatic rings. The van der Waals surface area contributed by atoms with Crippen molar-refractivity contribution in [2.75, 3.05) is 0 Å². The molecule has 40 heavy (non-hydrogen) atoms. The summed E-state index contributed by atoms with van der Waals surface area (Å²) in [6.07, 6.45) is 1.92. The monoisotopic (exact) mass is 637 g/mol. The minimum Gasteiger partial charge on any atom is -0.457 e. The Labute approximate surface area is 247 Å². The average Bonchev–Trinajstić information content (AvgIpc) is 3.24.